The van der Waals surface area contributed by atoms with Gasteiger partial charge >= 0.3 is 0 Å². The molecule has 0 saturated carbocycles. The standard InChI is InChI=1S/C27H31N3O3/c1-19-6-8-21(9-7-19)25(30-12-14-32-15-13-30)18-28-27(31)24-17-26(33-29-24)23-11-10-20-4-2-3-5-22(20)16-23/h6-11,16-17,25H,2-5,12-15,18H2,1H3,(H,28,31). The van der Waals surface area contributed by atoms with Gasteiger partial charge in [-0.25, -0.2) is 0 Å². The number of rotatable bonds is 6. The Morgan fingerprint density at radius 3 is 2.58 bits per heavy atom. The molecule has 1 saturated heterocycles. The van der Waals surface area contributed by atoms with Gasteiger partial charge in [0, 0.05) is 31.3 Å². The van der Waals surface area contributed by atoms with Crippen LogP contribution in [0, 0.1) is 6.92 Å². The fourth-order valence-corrected chi connectivity index (χ4v) is 4.82. The van der Waals surface area contributed by atoms with Gasteiger partial charge in [-0.05, 0) is 55.4 Å². The number of fused-ring (bicyclic) bond motifs is 1. The highest BCUT2D eigenvalue weighted by atomic mass is 16.5. The van der Waals surface area contributed by atoms with Gasteiger partial charge in [-0.2, -0.15) is 0 Å². The monoisotopic (exact) mass is 445 g/mol. The molecule has 2 aliphatic rings. The first-order chi connectivity index (χ1) is 16.2. The van der Waals surface area contributed by atoms with Gasteiger partial charge in [0.15, 0.2) is 11.5 Å². The Bertz CT molecular complexity index is 1100. The summed E-state index contributed by atoms with van der Waals surface area (Å²) in [4.78, 5) is 15.3. The van der Waals surface area contributed by atoms with Crippen molar-refractivity contribution in [3.8, 4) is 11.3 Å². The van der Waals surface area contributed by atoms with E-state index in [2.05, 4.69) is 64.8 Å². The second-order valence-corrected chi connectivity index (χ2v) is 9.05. The quantitative estimate of drug-likeness (QED) is 0.612. The first-order valence-corrected chi connectivity index (χ1v) is 11.9. The second-order valence-electron chi connectivity index (χ2n) is 9.05. The van der Waals surface area contributed by atoms with Crippen molar-refractivity contribution in [1.29, 1.82) is 0 Å². The summed E-state index contributed by atoms with van der Waals surface area (Å²) < 4.78 is 11.1. The zero-order valence-electron chi connectivity index (χ0n) is 19.2. The van der Waals surface area contributed by atoms with Gasteiger partial charge in [-0.1, -0.05) is 47.1 Å². The molecule has 1 aliphatic carbocycles. The minimum Gasteiger partial charge on any atom is -0.379 e. The number of aromatic nitrogens is 1. The van der Waals surface area contributed by atoms with E-state index in [1.54, 1.807) is 6.07 Å². The molecule has 0 bridgehead atoms. The third-order valence-corrected chi connectivity index (χ3v) is 6.78. The Balaban J connectivity index is 1.28. The average molecular weight is 446 g/mol. The van der Waals surface area contributed by atoms with E-state index < -0.39 is 0 Å². The molecule has 1 aromatic heterocycles. The van der Waals surface area contributed by atoms with Crippen LogP contribution in [0.25, 0.3) is 11.3 Å². The molecular weight excluding hydrogens is 414 g/mol. The van der Waals surface area contributed by atoms with Gasteiger partial charge in [0.05, 0.1) is 19.3 Å². The molecule has 2 heterocycles. The molecule has 33 heavy (non-hydrogen) atoms. The molecular formula is C27H31N3O3. The van der Waals surface area contributed by atoms with E-state index in [4.69, 9.17) is 9.26 Å². The van der Waals surface area contributed by atoms with Crippen molar-refractivity contribution in [3.63, 3.8) is 0 Å². The molecule has 3 aromatic rings. The van der Waals surface area contributed by atoms with Gasteiger partial charge in [0.1, 0.15) is 0 Å². The van der Waals surface area contributed by atoms with Crippen molar-refractivity contribution < 1.29 is 14.1 Å². The smallest absolute Gasteiger partial charge is 0.273 e. The molecule has 5 rings (SSSR count). The molecule has 1 unspecified atom stereocenters. The number of ether oxygens (including phenoxy) is 1. The van der Waals surface area contributed by atoms with E-state index in [0.717, 1.165) is 31.5 Å². The van der Waals surface area contributed by atoms with Crippen LogP contribution in [0.5, 0.6) is 0 Å². The van der Waals surface area contributed by atoms with Crippen molar-refractivity contribution in [1.82, 2.24) is 15.4 Å². The number of aryl methyl sites for hydroxylation is 3. The van der Waals surface area contributed by atoms with Gasteiger partial charge < -0.3 is 14.6 Å². The van der Waals surface area contributed by atoms with Crippen LogP contribution in [-0.4, -0.2) is 48.8 Å². The molecule has 0 radical (unpaired) electrons. The molecule has 1 aliphatic heterocycles. The SMILES string of the molecule is Cc1ccc(C(CNC(=O)c2cc(-c3ccc4c(c3)CCCC4)on2)N2CCOCC2)cc1. The summed E-state index contributed by atoms with van der Waals surface area (Å²) in [6.45, 7) is 5.71. The first kappa shape index (κ1) is 21.9. The van der Waals surface area contributed by atoms with E-state index in [9.17, 15) is 4.79 Å². The molecule has 6 nitrogen and oxygen atoms in total. The summed E-state index contributed by atoms with van der Waals surface area (Å²) >= 11 is 0. The lowest BCUT2D eigenvalue weighted by Gasteiger charge is -2.35. The summed E-state index contributed by atoms with van der Waals surface area (Å²) in [5.74, 6) is 0.421. The highest BCUT2D eigenvalue weighted by Crippen LogP contribution is 2.28. The van der Waals surface area contributed by atoms with Crippen LogP contribution in [0.2, 0.25) is 0 Å². The van der Waals surface area contributed by atoms with Crippen molar-refractivity contribution >= 4 is 5.91 Å². The van der Waals surface area contributed by atoms with Crippen molar-refractivity contribution in [2.45, 2.75) is 38.6 Å². The van der Waals surface area contributed by atoms with Gasteiger partial charge in [-0.3, -0.25) is 9.69 Å². The largest absolute Gasteiger partial charge is 0.379 e. The highest BCUT2D eigenvalue weighted by Gasteiger charge is 2.24. The Labute approximate surface area is 194 Å². The molecule has 2 aromatic carbocycles. The van der Waals surface area contributed by atoms with Gasteiger partial charge in [0.2, 0.25) is 0 Å². The summed E-state index contributed by atoms with van der Waals surface area (Å²) in [7, 11) is 0. The zero-order chi connectivity index (χ0) is 22.6. The lowest BCUT2D eigenvalue weighted by Crippen LogP contribution is -2.43. The second kappa shape index (κ2) is 9.89. The Morgan fingerprint density at radius 2 is 1.79 bits per heavy atom. The zero-order valence-corrected chi connectivity index (χ0v) is 19.2. The fraction of sp³-hybridized carbons (Fsp3) is 0.407. The van der Waals surface area contributed by atoms with Crippen LogP contribution in [0.15, 0.2) is 53.1 Å². The number of hydrogen-bond donors (Lipinski definition) is 1. The van der Waals surface area contributed by atoms with Gasteiger partial charge in [-0.15, -0.1) is 0 Å². The Kier molecular flexibility index (Phi) is 6.55. The minimum atomic E-state index is -0.215. The molecule has 6 heteroatoms. The first-order valence-electron chi connectivity index (χ1n) is 11.9. The lowest BCUT2D eigenvalue weighted by atomic mass is 9.90. The number of benzene rings is 2. The van der Waals surface area contributed by atoms with E-state index in [-0.39, 0.29) is 11.9 Å². The summed E-state index contributed by atoms with van der Waals surface area (Å²) in [5, 5.41) is 7.14. The van der Waals surface area contributed by atoms with E-state index >= 15 is 0 Å². The van der Waals surface area contributed by atoms with Crippen molar-refractivity contribution in [3.05, 3.63) is 76.5 Å². The number of carbonyl (C=O) groups is 1. The Morgan fingerprint density at radius 1 is 1.03 bits per heavy atom. The van der Waals surface area contributed by atoms with Crippen LogP contribution >= 0.6 is 0 Å². The third-order valence-electron chi connectivity index (χ3n) is 6.78. The predicted molar refractivity (Wildman–Crippen MR) is 127 cm³/mol. The fourth-order valence-electron chi connectivity index (χ4n) is 4.82. The molecule has 1 fully saturated rings. The predicted octanol–water partition coefficient (Wildman–Crippen LogP) is 4.33. The van der Waals surface area contributed by atoms with Crippen LogP contribution in [0.4, 0.5) is 0 Å². The summed E-state index contributed by atoms with van der Waals surface area (Å²) in [5.41, 5.74) is 6.51. The topological polar surface area (TPSA) is 67.6 Å². The van der Waals surface area contributed by atoms with Crippen LogP contribution in [0.1, 0.15) is 51.6 Å². The maximum absolute atomic E-state index is 12.9. The van der Waals surface area contributed by atoms with Crippen molar-refractivity contribution in [2.24, 2.45) is 0 Å². The normalized spacial score (nSPS) is 17.4. The van der Waals surface area contributed by atoms with Crippen LogP contribution in [0.3, 0.4) is 0 Å². The number of morpholine rings is 1. The summed E-state index contributed by atoms with van der Waals surface area (Å²) in [6.07, 6.45) is 4.73. The van der Waals surface area contributed by atoms with E-state index in [1.807, 2.05) is 0 Å². The van der Waals surface area contributed by atoms with Gasteiger partial charge in [0.25, 0.3) is 5.91 Å². The maximum atomic E-state index is 12.9. The average Bonchev–Trinajstić information content (AvgIpc) is 3.36. The molecule has 1 amide bonds. The van der Waals surface area contributed by atoms with Crippen LogP contribution < -0.4 is 5.32 Å². The Hall–Kier alpha value is -2.96. The van der Waals surface area contributed by atoms with Crippen molar-refractivity contribution in [2.75, 3.05) is 32.8 Å². The number of amides is 1. The van der Waals surface area contributed by atoms with E-state index in [0.29, 0.717) is 31.2 Å². The molecule has 1 atom stereocenters. The minimum absolute atomic E-state index is 0.0884. The maximum Gasteiger partial charge on any atom is 0.273 e. The highest BCUT2D eigenvalue weighted by molar-refractivity contribution is 5.93. The number of carbonyl (C=O) groups excluding carboxylic acids is 1. The van der Waals surface area contributed by atoms with Crippen LogP contribution in [-0.2, 0) is 17.6 Å². The molecule has 172 valence electrons. The lowest BCUT2D eigenvalue weighted by molar-refractivity contribution is 0.0162. The number of hydrogen-bond acceptors (Lipinski definition) is 5. The third kappa shape index (κ3) is 5.02. The van der Waals surface area contributed by atoms with E-state index in [1.165, 1.54) is 35.1 Å². The molecule has 0 spiro atoms. The molecule has 1 N–H and O–H groups in total. The number of nitrogens with one attached hydrogen (secondary N) is 1. The summed E-state index contributed by atoms with van der Waals surface area (Å²) in [6, 6.07) is 16.8. The number of nitrogens with zero attached hydrogens (tertiary/aromatic N) is 2.